The Bertz CT molecular complexity index is 682. The minimum absolute atomic E-state index is 0.188. The lowest BCUT2D eigenvalue weighted by atomic mass is 9.87. The van der Waals surface area contributed by atoms with Gasteiger partial charge in [0, 0.05) is 24.6 Å². The SMILES string of the molecule is CC(=O)O[C@]1(c2ccc([N+](=O)[O-])cc2Cl)O[C@H](CO)[C@@H](O)[C@H](O)[C@H]1O. The molecule has 0 radical (unpaired) electrons. The van der Waals surface area contributed by atoms with Crippen LogP contribution in [-0.2, 0) is 20.1 Å². The van der Waals surface area contributed by atoms with Crippen LogP contribution in [0.3, 0.4) is 0 Å². The molecule has 1 saturated heterocycles. The fourth-order valence-electron chi connectivity index (χ4n) is 2.62. The van der Waals surface area contributed by atoms with Crippen molar-refractivity contribution < 1.29 is 39.6 Å². The Kier molecular flexibility index (Phi) is 5.62. The lowest BCUT2D eigenvalue weighted by Crippen LogP contribution is -2.64. The summed E-state index contributed by atoms with van der Waals surface area (Å²) in [5.74, 6) is -3.29. The molecule has 5 atom stereocenters. The highest BCUT2D eigenvalue weighted by molar-refractivity contribution is 6.31. The van der Waals surface area contributed by atoms with Gasteiger partial charge in [0.2, 0.25) is 0 Å². The lowest BCUT2D eigenvalue weighted by Gasteiger charge is -2.47. The molecule has 4 N–H and O–H groups in total. The lowest BCUT2D eigenvalue weighted by molar-refractivity contribution is -0.385. The third kappa shape index (κ3) is 3.45. The summed E-state index contributed by atoms with van der Waals surface area (Å²) in [6, 6.07) is 3.07. The summed E-state index contributed by atoms with van der Waals surface area (Å²) in [5, 5.41) is 50.2. The number of nitro benzene ring substituents is 1. The van der Waals surface area contributed by atoms with Crippen LogP contribution in [0.2, 0.25) is 5.02 Å². The second kappa shape index (κ2) is 7.20. The highest BCUT2D eigenvalue weighted by Crippen LogP contribution is 2.43. The quantitative estimate of drug-likeness (QED) is 0.306. The highest BCUT2D eigenvalue weighted by Gasteiger charge is 2.58. The van der Waals surface area contributed by atoms with Crippen LogP contribution in [0.4, 0.5) is 5.69 Å². The number of carbonyl (C=O) groups excluding carboxylic acids is 1. The van der Waals surface area contributed by atoms with Crippen molar-refractivity contribution in [1.29, 1.82) is 0 Å². The number of rotatable bonds is 4. The molecule has 0 aliphatic carbocycles. The zero-order valence-electron chi connectivity index (χ0n) is 12.9. The topological polar surface area (TPSA) is 160 Å². The summed E-state index contributed by atoms with van der Waals surface area (Å²) in [6.45, 7) is 0.237. The van der Waals surface area contributed by atoms with E-state index in [-0.39, 0.29) is 16.3 Å². The summed E-state index contributed by atoms with van der Waals surface area (Å²) >= 11 is 6.03. The monoisotopic (exact) mass is 377 g/mol. The molecule has 1 aromatic carbocycles. The van der Waals surface area contributed by atoms with Crippen molar-refractivity contribution in [2.75, 3.05) is 6.61 Å². The Labute approximate surface area is 146 Å². The fraction of sp³-hybridized carbons (Fsp3) is 0.500. The number of benzene rings is 1. The molecule has 2 rings (SSSR count). The Morgan fingerprint density at radius 3 is 2.52 bits per heavy atom. The van der Waals surface area contributed by atoms with Crippen molar-refractivity contribution in [2.24, 2.45) is 0 Å². The Morgan fingerprint density at radius 2 is 2.04 bits per heavy atom. The molecule has 138 valence electrons. The molecule has 1 aromatic rings. The van der Waals surface area contributed by atoms with Gasteiger partial charge in [-0.3, -0.25) is 14.9 Å². The van der Waals surface area contributed by atoms with Gasteiger partial charge in [-0.25, -0.2) is 0 Å². The Balaban J connectivity index is 2.62. The first-order chi connectivity index (χ1) is 11.6. The molecule has 1 fully saturated rings. The van der Waals surface area contributed by atoms with Gasteiger partial charge in [0.25, 0.3) is 11.5 Å². The molecule has 0 aromatic heterocycles. The molecule has 10 nitrogen and oxygen atoms in total. The van der Waals surface area contributed by atoms with Crippen LogP contribution < -0.4 is 0 Å². The van der Waals surface area contributed by atoms with Crippen LogP contribution in [0.15, 0.2) is 18.2 Å². The van der Waals surface area contributed by atoms with Gasteiger partial charge in [0.15, 0.2) is 6.10 Å². The smallest absolute Gasteiger partial charge is 0.305 e. The maximum atomic E-state index is 11.5. The Hall–Kier alpha value is -1.82. The molecule has 11 heteroatoms. The first-order valence-electron chi connectivity index (χ1n) is 7.11. The van der Waals surface area contributed by atoms with E-state index in [0.717, 1.165) is 25.1 Å². The van der Waals surface area contributed by atoms with Crippen LogP contribution in [0, 0.1) is 10.1 Å². The van der Waals surface area contributed by atoms with Crippen LogP contribution in [0.1, 0.15) is 12.5 Å². The number of hydrogen-bond acceptors (Lipinski definition) is 9. The zero-order chi connectivity index (χ0) is 18.9. The number of carbonyl (C=O) groups is 1. The predicted molar refractivity (Wildman–Crippen MR) is 81.5 cm³/mol. The van der Waals surface area contributed by atoms with Gasteiger partial charge in [-0.15, -0.1) is 0 Å². The number of ether oxygens (including phenoxy) is 2. The van der Waals surface area contributed by atoms with E-state index in [1.165, 1.54) is 0 Å². The van der Waals surface area contributed by atoms with E-state index in [9.17, 15) is 35.3 Å². The van der Waals surface area contributed by atoms with Crippen molar-refractivity contribution in [3.8, 4) is 0 Å². The van der Waals surface area contributed by atoms with Crippen LogP contribution in [0.25, 0.3) is 0 Å². The maximum absolute atomic E-state index is 11.5. The summed E-state index contributed by atoms with van der Waals surface area (Å²) in [5.41, 5.74) is -0.553. The van der Waals surface area contributed by atoms with E-state index in [4.69, 9.17) is 21.1 Å². The summed E-state index contributed by atoms with van der Waals surface area (Å²) in [4.78, 5) is 21.7. The average Bonchev–Trinajstić information content (AvgIpc) is 2.55. The molecule has 0 amide bonds. The average molecular weight is 378 g/mol. The van der Waals surface area contributed by atoms with Crippen molar-refractivity contribution in [3.63, 3.8) is 0 Å². The predicted octanol–water partition coefficient (Wildman–Crippen LogP) is -0.562. The standard InChI is InChI=1S/C14H16ClNO9/c1-6(18)24-14(8-3-2-7(16(22)23)4-9(8)15)13(21)12(20)11(19)10(5-17)25-14/h2-4,10-13,17,19-21H,5H2,1H3/t10-,11-,12+,13-,14-/m1/s1. The highest BCUT2D eigenvalue weighted by atomic mass is 35.5. The van der Waals surface area contributed by atoms with Gasteiger partial charge >= 0.3 is 5.97 Å². The number of nitro groups is 1. The van der Waals surface area contributed by atoms with Gasteiger partial charge in [-0.05, 0) is 6.07 Å². The van der Waals surface area contributed by atoms with E-state index >= 15 is 0 Å². The number of non-ortho nitro benzene ring substituents is 1. The number of esters is 1. The van der Waals surface area contributed by atoms with Gasteiger partial charge in [0.05, 0.1) is 16.6 Å². The normalized spacial score (nSPS) is 32.2. The second-order valence-electron chi connectivity index (χ2n) is 5.45. The second-order valence-corrected chi connectivity index (χ2v) is 5.85. The molecular formula is C14H16ClNO9. The largest absolute Gasteiger partial charge is 0.426 e. The molecule has 0 unspecified atom stereocenters. The number of aliphatic hydroxyl groups excluding tert-OH is 4. The van der Waals surface area contributed by atoms with Crippen molar-refractivity contribution in [1.82, 2.24) is 0 Å². The number of nitrogens with zero attached hydrogens (tertiary/aromatic N) is 1. The van der Waals surface area contributed by atoms with Crippen LogP contribution in [-0.4, -0.2) is 62.3 Å². The summed E-state index contributed by atoms with van der Waals surface area (Å²) < 4.78 is 10.5. The maximum Gasteiger partial charge on any atom is 0.305 e. The van der Waals surface area contributed by atoms with Gasteiger partial charge in [-0.1, -0.05) is 11.6 Å². The minimum atomic E-state index is -2.37. The molecule has 1 aliphatic rings. The molecule has 0 saturated carbocycles. The molecule has 0 bridgehead atoms. The number of hydrogen-bond donors (Lipinski definition) is 4. The molecular weight excluding hydrogens is 362 g/mol. The summed E-state index contributed by atoms with van der Waals surface area (Å²) in [7, 11) is 0. The van der Waals surface area contributed by atoms with Crippen LogP contribution in [0.5, 0.6) is 0 Å². The van der Waals surface area contributed by atoms with E-state index in [0.29, 0.717) is 0 Å². The molecule has 25 heavy (non-hydrogen) atoms. The molecule has 1 heterocycles. The van der Waals surface area contributed by atoms with Crippen molar-refractivity contribution in [2.45, 2.75) is 37.1 Å². The first kappa shape index (κ1) is 19.5. The molecule has 1 aliphatic heterocycles. The third-order valence-corrected chi connectivity index (χ3v) is 4.10. The molecule has 0 spiro atoms. The number of aliphatic hydroxyl groups is 4. The minimum Gasteiger partial charge on any atom is -0.426 e. The van der Waals surface area contributed by atoms with Gasteiger partial charge < -0.3 is 29.9 Å². The van der Waals surface area contributed by atoms with E-state index in [2.05, 4.69) is 0 Å². The van der Waals surface area contributed by atoms with Crippen molar-refractivity contribution >= 4 is 23.3 Å². The van der Waals surface area contributed by atoms with Gasteiger partial charge in [-0.2, -0.15) is 0 Å². The third-order valence-electron chi connectivity index (χ3n) is 3.78. The number of halogens is 1. The summed E-state index contributed by atoms with van der Waals surface area (Å²) in [6.07, 6.45) is -6.91. The van der Waals surface area contributed by atoms with E-state index in [1.807, 2.05) is 0 Å². The zero-order valence-corrected chi connectivity index (χ0v) is 13.7. The Morgan fingerprint density at radius 1 is 1.40 bits per heavy atom. The van der Waals surface area contributed by atoms with Crippen molar-refractivity contribution in [3.05, 3.63) is 38.9 Å². The fourth-order valence-corrected chi connectivity index (χ4v) is 2.92. The van der Waals surface area contributed by atoms with Gasteiger partial charge in [0.1, 0.15) is 18.3 Å². The van der Waals surface area contributed by atoms with Crippen LogP contribution >= 0.6 is 11.6 Å². The van der Waals surface area contributed by atoms with E-state index in [1.54, 1.807) is 0 Å². The first-order valence-corrected chi connectivity index (χ1v) is 7.48. The van der Waals surface area contributed by atoms with E-state index < -0.39 is 47.7 Å².